The van der Waals surface area contributed by atoms with Crippen molar-refractivity contribution in [3.63, 3.8) is 0 Å². The minimum absolute atomic E-state index is 0.0384. The van der Waals surface area contributed by atoms with Gasteiger partial charge in [0.2, 0.25) is 0 Å². The molecule has 3 heterocycles. The molecule has 0 N–H and O–H groups in total. The average Bonchev–Trinajstić information content (AvgIpc) is 3.72. The van der Waals surface area contributed by atoms with Crippen LogP contribution in [0.4, 0.5) is 17.1 Å². The summed E-state index contributed by atoms with van der Waals surface area (Å²) in [7, 11) is 0. The second-order valence-electron chi connectivity index (χ2n) is 11.8. The Hall–Kier alpha value is -5.52. The van der Waals surface area contributed by atoms with Crippen molar-refractivity contribution in [3.8, 4) is 17.5 Å². The Kier molecular flexibility index (Phi) is 5.04. The highest BCUT2D eigenvalue weighted by Crippen LogP contribution is 2.59. The van der Waals surface area contributed by atoms with Crippen LogP contribution in [0.2, 0.25) is 0 Å². The van der Waals surface area contributed by atoms with Crippen molar-refractivity contribution in [1.29, 1.82) is 5.26 Å². The van der Waals surface area contributed by atoms with Gasteiger partial charge in [-0.3, -0.25) is 0 Å². The Morgan fingerprint density at radius 3 is 2.47 bits per heavy atom. The lowest BCUT2D eigenvalue weighted by Gasteiger charge is -2.39. The highest BCUT2D eigenvalue weighted by molar-refractivity contribution is 6.13. The van der Waals surface area contributed by atoms with E-state index in [9.17, 15) is 5.26 Å². The molecule has 0 bridgehead atoms. The van der Waals surface area contributed by atoms with Crippen LogP contribution < -0.4 is 9.64 Å². The number of benzene rings is 5. The van der Waals surface area contributed by atoms with E-state index in [4.69, 9.17) is 11.3 Å². The SMILES string of the molecule is [C-]#[N+]c1ccc(C#N)c(-n2c3ccccc3c3c4c(ccc32)C2CCC3C(c5ccccc5N3c3ccccc3)C2O4)c1. The predicted octanol–water partition coefficient (Wildman–Crippen LogP) is 9.15. The number of aromatic nitrogens is 1. The lowest BCUT2D eigenvalue weighted by atomic mass is 9.72. The van der Waals surface area contributed by atoms with E-state index in [0.717, 1.165) is 46.1 Å². The summed E-state index contributed by atoms with van der Waals surface area (Å²) >= 11 is 0. The molecule has 1 aromatic heterocycles. The van der Waals surface area contributed by atoms with Crippen LogP contribution in [0.3, 0.4) is 0 Å². The van der Waals surface area contributed by atoms with Crippen molar-refractivity contribution in [3.05, 3.63) is 137 Å². The summed E-state index contributed by atoms with van der Waals surface area (Å²) in [6, 6.07) is 40.3. The molecule has 4 atom stereocenters. The zero-order valence-electron chi connectivity index (χ0n) is 23.3. The molecule has 0 radical (unpaired) electrons. The second-order valence-corrected chi connectivity index (χ2v) is 11.8. The molecule has 1 aliphatic carbocycles. The van der Waals surface area contributed by atoms with Gasteiger partial charge >= 0.3 is 0 Å². The van der Waals surface area contributed by atoms with Gasteiger partial charge in [0.05, 0.1) is 34.2 Å². The minimum atomic E-state index is 0.0384. The van der Waals surface area contributed by atoms with Gasteiger partial charge in [-0.1, -0.05) is 72.8 Å². The average molecular weight is 555 g/mol. The first kappa shape index (κ1) is 24.1. The van der Waals surface area contributed by atoms with Gasteiger partial charge in [0, 0.05) is 40.2 Å². The molecule has 5 heteroatoms. The molecule has 3 aliphatic rings. The second kappa shape index (κ2) is 8.99. The highest BCUT2D eigenvalue weighted by atomic mass is 16.5. The lowest BCUT2D eigenvalue weighted by molar-refractivity contribution is 0.132. The number of anilines is 2. The van der Waals surface area contributed by atoms with E-state index >= 15 is 0 Å². The predicted molar refractivity (Wildman–Crippen MR) is 170 cm³/mol. The number of nitrogens with zero attached hydrogens (tertiary/aromatic N) is 4. The third-order valence-electron chi connectivity index (χ3n) is 9.81. The van der Waals surface area contributed by atoms with E-state index in [0.29, 0.717) is 23.2 Å². The molecule has 9 rings (SSSR count). The van der Waals surface area contributed by atoms with Crippen molar-refractivity contribution in [1.82, 2.24) is 4.57 Å². The van der Waals surface area contributed by atoms with Crippen LogP contribution >= 0.6 is 0 Å². The number of hydrogen-bond donors (Lipinski definition) is 0. The molecular formula is C38H26N4O. The molecule has 2 aliphatic heterocycles. The van der Waals surface area contributed by atoms with Crippen LogP contribution in [0.15, 0.2) is 109 Å². The monoisotopic (exact) mass is 554 g/mol. The van der Waals surface area contributed by atoms with Crippen LogP contribution in [-0.2, 0) is 0 Å². The van der Waals surface area contributed by atoms with Gasteiger partial charge in [-0.25, -0.2) is 4.85 Å². The zero-order valence-corrected chi connectivity index (χ0v) is 23.3. The Morgan fingerprint density at radius 1 is 0.791 bits per heavy atom. The van der Waals surface area contributed by atoms with E-state index in [2.05, 4.69) is 105 Å². The third kappa shape index (κ3) is 3.25. The fraction of sp³-hybridized carbons (Fsp3) is 0.158. The first-order valence-corrected chi connectivity index (χ1v) is 14.8. The number of para-hydroxylation sites is 3. The smallest absolute Gasteiger partial charge is 0.189 e. The Labute approximate surface area is 249 Å². The van der Waals surface area contributed by atoms with Gasteiger partial charge in [0.15, 0.2) is 5.69 Å². The third-order valence-corrected chi connectivity index (χ3v) is 9.81. The molecule has 1 fully saturated rings. The summed E-state index contributed by atoms with van der Waals surface area (Å²) in [5.74, 6) is 1.54. The van der Waals surface area contributed by atoms with Crippen LogP contribution in [-0.4, -0.2) is 16.7 Å². The van der Waals surface area contributed by atoms with E-state index in [1.54, 1.807) is 12.1 Å². The fourth-order valence-electron chi connectivity index (χ4n) is 8.14. The molecule has 6 aromatic rings. The number of rotatable bonds is 2. The summed E-state index contributed by atoms with van der Waals surface area (Å²) in [6.45, 7) is 7.60. The van der Waals surface area contributed by atoms with Crippen molar-refractivity contribution in [2.45, 2.75) is 36.8 Å². The first-order valence-electron chi connectivity index (χ1n) is 14.8. The molecule has 0 spiro atoms. The van der Waals surface area contributed by atoms with E-state index in [1.807, 2.05) is 12.1 Å². The summed E-state index contributed by atoms with van der Waals surface area (Å²) in [4.78, 5) is 6.20. The molecule has 0 saturated heterocycles. The largest absolute Gasteiger partial charge is 0.488 e. The summed E-state index contributed by atoms with van der Waals surface area (Å²) in [5, 5.41) is 12.2. The Bertz CT molecular complexity index is 2180. The maximum Gasteiger partial charge on any atom is 0.189 e. The maximum atomic E-state index is 10.0. The van der Waals surface area contributed by atoms with Gasteiger partial charge in [0.25, 0.3) is 0 Å². The zero-order chi connectivity index (χ0) is 28.7. The lowest BCUT2D eigenvalue weighted by Crippen LogP contribution is -2.42. The van der Waals surface area contributed by atoms with E-state index in [-0.39, 0.29) is 12.0 Å². The van der Waals surface area contributed by atoms with Gasteiger partial charge in [-0.05, 0) is 54.8 Å². The van der Waals surface area contributed by atoms with Gasteiger partial charge in [0.1, 0.15) is 17.9 Å². The minimum Gasteiger partial charge on any atom is -0.488 e. The van der Waals surface area contributed by atoms with Crippen LogP contribution in [0.5, 0.6) is 5.75 Å². The van der Waals surface area contributed by atoms with Gasteiger partial charge < -0.3 is 14.2 Å². The molecular weight excluding hydrogens is 528 g/mol. The quantitative estimate of drug-likeness (QED) is 0.201. The molecule has 4 unspecified atom stereocenters. The van der Waals surface area contributed by atoms with Crippen molar-refractivity contribution < 1.29 is 4.74 Å². The molecule has 0 amide bonds. The van der Waals surface area contributed by atoms with Gasteiger partial charge in [-0.2, -0.15) is 5.26 Å². The summed E-state index contributed by atoms with van der Waals surface area (Å²) in [6.07, 6.45) is 2.19. The van der Waals surface area contributed by atoms with Crippen molar-refractivity contribution in [2.24, 2.45) is 0 Å². The molecule has 5 aromatic carbocycles. The number of fused-ring (bicyclic) bond motifs is 11. The number of nitriles is 1. The Balaban J connectivity index is 1.23. The summed E-state index contributed by atoms with van der Waals surface area (Å²) in [5.41, 5.74) is 8.94. The molecule has 43 heavy (non-hydrogen) atoms. The first-order chi connectivity index (χ1) is 21.3. The number of ether oxygens (including phenoxy) is 1. The molecule has 1 saturated carbocycles. The number of hydrogen-bond acceptors (Lipinski definition) is 3. The van der Waals surface area contributed by atoms with E-state index < -0.39 is 0 Å². The normalized spacial score (nSPS) is 21.4. The topological polar surface area (TPSA) is 45.5 Å². The Morgan fingerprint density at radius 2 is 1.60 bits per heavy atom. The fourth-order valence-corrected chi connectivity index (χ4v) is 8.14. The van der Waals surface area contributed by atoms with Crippen molar-refractivity contribution >= 4 is 38.9 Å². The highest BCUT2D eigenvalue weighted by Gasteiger charge is 2.53. The van der Waals surface area contributed by atoms with E-state index in [1.165, 1.54) is 22.5 Å². The van der Waals surface area contributed by atoms with Crippen LogP contribution in [0, 0.1) is 17.9 Å². The van der Waals surface area contributed by atoms with Crippen molar-refractivity contribution in [2.75, 3.05) is 4.90 Å². The molecule has 204 valence electrons. The van der Waals surface area contributed by atoms with Crippen LogP contribution in [0.1, 0.15) is 41.4 Å². The standard InChI is InChI=1S/C38H26N4O/c1-40-24-16-15-23(22-39)34(21-24)42-31-14-8-6-12-29(31)36-33(42)20-18-27-26-17-19-32-35(37(26)43-38(27)36)28-11-5-7-13-30(28)41(32)25-9-3-2-4-10-25/h2-16,18,20-21,26,32,35,37H,17,19H2. The summed E-state index contributed by atoms with van der Waals surface area (Å²) < 4.78 is 9.32. The van der Waals surface area contributed by atoms with Crippen LogP contribution in [0.25, 0.3) is 32.3 Å². The molecule has 5 nitrogen and oxygen atoms in total. The van der Waals surface area contributed by atoms with Gasteiger partial charge in [-0.15, -0.1) is 0 Å². The maximum absolute atomic E-state index is 10.0.